The number of likely N-dealkylation sites (tertiary alicyclic amines) is 1. The molecule has 6 nitrogen and oxygen atoms in total. The zero-order chi connectivity index (χ0) is 19.2. The number of nitrogens with zero attached hydrogens (tertiary/aromatic N) is 1. The highest BCUT2D eigenvalue weighted by Gasteiger charge is 2.20. The molecule has 6 heteroatoms. The predicted octanol–water partition coefficient (Wildman–Crippen LogP) is 3.48. The van der Waals surface area contributed by atoms with E-state index in [1.165, 1.54) is 0 Å². The number of carboxylic acids is 1. The van der Waals surface area contributed by atoms with Gasteiger partial charge >= 0.3 is 5.97 Å². The van der Waals surface area contributed by atoms with Crippen molar-refractivity contribution in [1.82, 2.24) is 4.90 Å². The lowest BCUT2D eigenvalue weighted by Crippen LogP contribution is -2.41. The summed E-state index contributed by atoms with van der Waals surface area (Å²) < 4.78 is 10.7. The number of carboxylic acid groups (broad SMARTS) is 1. The molecule has 2 aromatic carbocycles. The average molecular weight is 370 g/mol. The molecule has 0 amide bonds. The van der Waals surface area contributed by atoms with Crippen LogP contribution in [0, 0.1) is 0 Å². The number of hydrogen-bond donors (Lipinski definition) is 2. The number of nitrogens with one attached hydrogen (secondary N) is 1. The minimum Gasteiger partial charge on any atom is -0.497 e. The van der Waals surface area contributed by atoms with Crippen LogP contribution in [0.5, 0.6) is 11.5 Å². The maximum Gasteiger partial charge on any atom is 0.335 e. The first-order chi connectivity index (χ1) is 13.1. The lowest BCUT2D eigenvalue weighted by atomic mass is 10.0. The number of benzene rings is 2. The SMILES string of the molecule is COc1cc(NC2CCCN(Cc3cccc(C(=O)O)c3)C2)cc(OC)c1. The third kappa shape index (κ3) is 5.14. The summed E-state index contributed by atoms with van der Waals surface area (Å²) in [6.45, 7) is 2.66. The van der Waals surface area contributed by atoms with E-state index in [0.29, 0.717) is 11.6 Å². The zero-order valence-electron chi connectivity index (χ0n) is 15.8. The van der Waals surface area contributed by atoms with Gasteiger partial charge in [0.1, 0.15) is 11.5 Å². The van der Waals surface area contributed by atoms with Crippen molar-refractivity contribution in [2.24, 2.45) is 0 Å². The van der Waals surface area contributed by atoms with Crippen LogP contribution in [0.4, 0.5) is 5.69 Å². The summed E-state index contributed by atoms with van der Waals surface area (Å²) in [5.41, 5.74) is 2.34. The van der Waals surface area contributed by atoms with E-state index >= 15 is 0 Å². The lowest BCUT2D eigenvalue weighted by Gasteiger charge is -2.33. The standard InChI is InChI=1S/C21H26N2O4/c1-26-19-10-18(11-20(12-19)27-2)22-17-7-4-8-23(14-17)13-15-5-3-6-16(9-15)21(24)25/h3,5-6,9-12,17,22H,4,7-8,13-14H2,1-2H3,(H,24,25). The van der Waals surface area contributed by atoms with Crippen molar-refractivity contribution in [1.29, 1.82) is 0 Å². The summed E-state index contributed by atoms with van der Waals surface area (Å²) in [6.07, 6.45) is 2.18. The van der Waals surface area contributed by atoms with Gasteiger partial charge in [-0.1, -0.05) is 12.1 Å². The second-order valence-corrected chi connectivity index (χ2v) is 6.83. The number of carbonyl (C=O) groups is 1. The van der Waals surface area contributed by atoms with Crippen molar-refractivity contribution >= 4 is 11.7 Å². The van der Waals surface area contributed by atoms with E-state index in [-0.39, 0.29) is 0 Å². The Balaban J connectivity index is 1.64. The molecule has 1 unspecified atom stereocenters. The first-order valence-electron chi connectivity index (χ1n) is 9.11. The van der Waals surface area contributed by atoms with E-state index in [1.807, 2.05) is 24.3 Å². The smallest absolute Gasteiger partial charge is 0.335 e. The van der Waals surface area contributed by atoms with E-state index in [1.54, 1.807) is 32.4 Å². The summed E-state index contributed by atoms with van der Waals surface area (Å²) in [7, 11) is 3.29. The number of rotatable bonds is 7. The molecule has 1 heterocycles. The van der Waals surface area contributed by atoms with Crippen molar-refractivity contribution in [3.63, 3.8) is 0 Å². The number of anilines is 1. The largest absolute Gasteiger partial charge is 0.497 e. The van der Waals surface area contributed by atoms with Crippen molar-refractivity contribution in [2.75, 3.05) is 32.6 Å². The van der Waals surface area contributed by atoms with E-state index in [0.717, 1.165) is 55.2 Å². The molecule has 1 fully saturated rings. The molecule has 0 saturated carbocycles. The molecular formula is C21H26N2O4. The Morgan fingerprint density at radius 2 is 1.93 bits per heavy atom. The highest BCUT2D eigenvalue weighted by atomic mass is 16.5. The summed E-state index contributed by atoms with van der Waals surface area (Å²) in [6, 6.07) is 13.3. The normalized spacial score (nSPS) is 17.3. The lowest BCUT2D eigenvalue weighted by molar-refractivity contribution is 0.0696. The average Bonchev–Trinajstić information content (AvgIpc) is 2.68. The highest BCUT2D eigenvalue weighted by Crippen LogP contribution is 2.27. The Morgan fingerprint density at radius 1 is 1.19 bits per heavy atom. The Bertz CT molecular complexity index is 771. The van der Waals surface area contributed by atoms with Crippen molar-refractivity contribution in [3.8, 4) is 11.5 Å². The third-order valence-electron chi connectivity index (χ3n) is 4.81. The Labute approximate surface area is 159 Å². The maximum atomic E-state index is 11.2. The van der Waals surface area contributed by atoms with Gasteiger partial charge < -0.3 is 19.9 Å². The molecule has 1 aliphatic heterocycles. The van der Waals surface area contributed by atoms with Gasteiger partial charge in [0.15, 0.2) is 0 Å². The van der Waals surface area contributed by atoms with Crippen LogP contribution in [-0.4, -0.2) is 49.3 Å². The minimum atomic E-state index is -0.887. The number of aromatic carboxylic acids is 1. The molecule has 2 N–H and O–H groups in total. The molecule has 27 heavy (non-hydrogen) atoms. The molecule has 1 aliphatic rings. The second-order valence-electron chi connectivity index (χ2n) is 6.83. The van der Waals surface area contributed by atoms with Crippen LogP contribution in [0.1, 0.15) is 28.8 Å². The fourth-order valence-corrected chi connectivity index (χ4v) is 3.50. The van der Waals surface area contributed by atoms with Crippen LogP contribution in [-0.2, 0) is 6.54 Å². The monoisotopic (exact) mass is 370 g/mol. The Hall–Kier alpha value is -2.73. The molecule has 1 atom stereocenters. The summed E-state index contributed by atoms with van der Waals surface area (Å²) in [5, 5.41) is 12.7. The number of hydrogen-bond acceptors (Lipinski definition) is 5. The van der Waals surface area contributed by atoms with Crippen LogP contribution in [0.3, 0.4) is 0 Å². The first-order valence-corrected chi connectivity index (χ1v) is 9.11. The quantitative estimate of drug-likeness (QED) is 0.778. The van der Waals surface area contributed by atoms with Gasteiger partial charge in [-0.15, -0.1) is 0 Å². The topological polar surface area (TPSA) is 71.0 Å². The molecule has 2 aromatic rings. The van der Waals surface area contributed by atoms with Gasteiger partial charge in [0, 0.05) is 43.0 Å². The van der Waals surface area contributed by atoms with Gasteiger partial charge in [-0.05, 0) is 37.1 Å². The van der Waals surface area contributed by atoms with Crippen LogP contribution < -0.4 is 14.8 Å². The minimum absolute atomic E-state index is 0.318. The second kappa shape index (κ2) is 8.77. The van der Waals surface area contributed by atoms with Gasteiger partial charge in [0.25, 0.3) is 0 Å². The molecule has 0 radical (unpaired) electrons. The third-order valence-corrected chi connectivity index (χ3v) is 4.81. The van der Waals surface area contributed by atoms with Crippen LogP contribution >= 0.6 is 0 Å². The first kappa shape index (κ1) is 19.0. The summed E-state index contributed by atoms with van der Waals surface area (Å²) in [5.74, 6) is 0.631. The van der Waals surface area contributed by atoms with Crippen molar-refractivity contribution in [3.05, 3.63) is 53.6 Å². The number of methoxy groups -OCH3 is 2. The highest BCUT2D eigenvalue weighted by molar-refractivity contribution is 5.87. The van der Waals surface area contributed by atoms with Crippen LogP contribution in [0.2, 0.25) is 0 Å². The van der Waals surface area contributed by atoms with Gasteiger partial charge in [-0.25, -0.2) is 4.79 Å². The van der Waals surface area contributed by atoms with Crippen LogP contribution in [0.15, 0.2) is 42.5 Å². The molecule has 0 spiro atoms. The fraction of sp³-hybridized carbons (Fsp3) is 0.381. The zero-order valence-corrected chi connectivity index (χ0v) is 15.8. The van der Waals surface area contributed by atoms with Gasteiger partial charge in [0.05, 0.1) is 19.8 Å². The van der Waals surface area contributed by atoms with Gasteiger partial charge in [0.2, 0.25) is 0 Å². The van der Waals surface area contributed by atoms with Crippen molar-refractivity contribution in [2.45, 2.75) is 25.4 Å². The van der Waals surface area contributed by atoms with E-state index < -0.39 is 5.97 Å². The summed E-state index contributed by atoms with van der Waals surface area (Å²) >= 11 is 0. The van der Waals surface area contributed by atoms with E-state index in [2.05, 4.69) is 10.2 Å². The fourth-order valence-electron chi connectivity index (χ4n) is 3.50. The van der Waals surface area contributed by atoms with Gasteiger partial charge in [-0.3, -0.25) is 4.90 Å². The van der Waals surface area contributed by atoms with E-state index in [4.69, 9.17) is 14.6 Å². The number of piperidine rings is 1. The molecule has 0 aliphatic carbocycles. The van der Waals surface area contributed by atoms with Crippen molar-refractivity contribution < 1.29 is 19.4 Å². The number of ether oxygens (including phenoxy) is 2. The van der Waals surface area contributed by atoms with Crippen LogP contribution in [0.25, 0.3) is 0 Å². The molecule has 1 saturated heterocycles. The Kier molecular flexibility index (Phi) is 6.19. The Morgan fingerprint density at radius 3 is 2.59 bits per heavy atom. The molecule has 144 valence electrons. The summed E-state index contributed by atoms with van der Waals surface area (Å²) in [4.78, 5) is 13.5. The molecule has 0 bridgehead atoms. The maximum absolute atomic E-state index is 11.2. The molecule has 0 aromatic heterocycles. The van der Waals surface area contributed by atoms with E-state index in [9.17, 15) is 4.79 Å². The molecular weight excluding hydrogens is 344 g/mol. The van der Waals surface area contributed by atoms with Gasteiger partial charge in [-0.2, -0.15) is 0 Å². The molecule has 3 rings (SSSR count). The predicted molar refractivity (Wildman–Crippen MR) is 105 cm³/mol.